The Balaban J connectivity index is 1.52. The van der Waals surface area contributed by atoms with E-state index >= 15 is 0 Å². The van der Waals surface area contributed by atoms with E-state index in [0.29, 0.717) is 6.54 Å². The molecule has 0 radical (unpaired) electrons. The Hall–Kier alpha value is -1.99. The van der Waals surface area contributed by atoms with Gasteiger partial charge in [-0.1, -0.05) is 29.8 Å². The first-order chi connectivity index (χ1) is 16.8. The van der Waals surface area contributed by atoms with Crippen LogP contribution in [-0.4, -0.2) is 70.2 Å². The van der Waals surface area contributed by atoms with Gasteiger partial charge in [0.05, 0.1) is 12.9 Å². The van der Waals surface area contributed by atoms with Crippen LogP contribution in [0.1, 0.15) is 17.4 Å². The second kappa shape index (κ2) is 10.4. The molecule has 1 aliphatic rings. The smallest absolute Gasteiger partial charge is 0.340 e. The molecule has 1 fully saturated rings. The SMILES string of the molecule is Cc1ccc(CNc2nc(Cl)nc3c2ncn3[C@@H]2O[C@H](COP(=O)(O)CP(=O)(O)O)[C@@H](O)[C@@H]2F)cc1. The number of aliphatic hydroxyl groups excluding tert-OH is 1. The Kier molecular flexibility index (Phi) is 7.82. The van der Waals surface area contributed by atoms with E-state index in [0.717, 1.165) is 11.1 Å². The summed E-state index contributed by atoms with van der Waals surface area (Å²) in [6.45, 7) is 1.58. The first-order valence-electron chi connectivity index (χ1n) is 10.5. The molecule has 3 heterocycles. The molecule has 0 amide bonds. The predicted octanol–water partition coefficient (Wildman–Crippen LogP) is 2.33. The highest BCUT2D eigenvalue weighted by Gasteiger charge is 2.47. The van der Waals surface area contributed by atoms with E-state index in [1.54, 1.807) is 0 Å². The quantitative estimate of drug-likeness (QED) is 0.188. The normalized spacial score (nSPS) is 24.2. The van der Waals surface area contributed by atoms with Gasteiger partial charge in [0, 0.05) is 6.54 Å². The number of fused-ring (bicyclic) bond motifs is 1. The van der Waals surface area contributed by atoms with Gasteiger partial charge in [0.2, 0.25) is 5.28 Å². The summed E-state index contributed by atoms with van der Waals surface area (Å²) in [7, 11) is -9.58. The van der Waals surface area contributed by atoms with Crippen molar-refractivity contribution in [3.8, 4) is 0 Å². The van der Waals surface area contributed by atoms with Gasteiger partial charge in [-0.15, -0.1) is 0 Å². The number of aryl methyl sites for hydroxylation is 1. The van der Waals surface area contributed by atoms with E-state index < -0.39 is 52.3 Å². The minimum absolute atomic E-state index is 0.108. The van der Waals surface area contributed by atoms with Gasteiger partial charge < -0.3 is 34.4 Å². The molecule has 1 aliphatic heterocycles. The number of hydrogen-bond donors (Lipinski definition) is 5. The van der Waals surface area contributed by atoms with Crippen LogP contribution in [0.15, 0.2) is 30.6 Å². The summed E-state index contributed by atoms with van der Waals surface area (Å²) in [6, 6.07) is 7.80. The van der Waals surface area contributed by atoms with Gasteiger partial charge >= 0.3 is 15.2 Å². The molecule has 0 saturated carbocycles. The number of aromatic nitrogens is 4. The summed E-state index contributed by atoms with van der Waals surface area (Å²) in [5, 5.41) is 13.2. The first kappa shape index (κ1) is 27.1. The largest absolute Gasteiger partial charge is 0.387 e. The fourth-order valence-electron chi connectivity index (χ4n) is 3.62. The predicted molar refractivity (Wildman–Crippen MR) is 126 cm³/mol. The Morgan fingerprint density at radius 2 is 1.92 bits per heavy atom. The molecule has 0 aliphatic carbocycles. The molecule has 2 aromatic heterocycles. The summed E-state index contributed by atoms with van der Waals surface area (Å²) < 4.78 is 49.2. The van der Waals surface area contributed by atoms with Gasteiger partial charge in [-0.2, -0.15) is 9.97 Å². The monoisotopic (exact) mass is 565 g/mol. The summed E-state index contributed by atoms with van der Waals surface area (Å²) in [5.41, 5.74) is 2.45. The van der Waals surface area contributed by atoms with Crippen molar-refractivity contribution in [2.45, 2.75) is 38.1 Å². The van der Waals surface area contributed by atoms with Crippen molar-refractivity contribution in [2.75, 3.05) is 17.8 Å². The van der Waals surface area contributed by atoms with Gasteiger partial charge in [0.25, 0.3) is 0 Å². The molecule has 5 N–H and O–H groups in total. The number of ether oxygens (including phenoxy) is 1. The van der Waals surface area contributed by atoms with Crippen molar-refractivity contribution in [1.82, 2.24) is 19.5 Å². The summed E-state index contributed by atoms with van der Waals surface area (Å²) in [6.07, 6.45) is -5.44. The van der Waals surface area contributed by atoms with E-state index in [-0.39, 0.29) is 22.3 Å². The second-order valence-electron chi connectivity index (χ2n) is 8.24. The van der Waals surface area contributed by atoms with Gasteiger partial charge in [0.15, 0.2) is 35.3 Å². The first-order valence-corrected chi connectivity index (χ1v) is 14.4. The number of alkyl halides is 1. The van der Waals surface area contributed by atoms with Crippen LogP contribution in [0.4, 0.5) is 10.2 Å². The maximum atomic E-state index is 15.0. The lowest BCUT2D eigenvalue weighted by molar-refractivity contribution is -0.0425. The van der Waals surface area contributed by atoms with E-state index in [9.17, 15) is 23.5 Å². The van der Waals surface area contributed by atoms with E-state index in [4.69, 9.17) is 26.1 Å². The van der Waals surface area contributed by atoms with E-state index in [1.165, 1.54) is 10.9 Å². The van der Waals surface area contributed by atoms with Crippen LogP contribution in [0.2, 0.25) is 5.28 Å². The molecule has 17 heteroatoms. The Morgan fingerprint density at radius 1 is 1.22 bits per heavy atom. The fourth-order valence-corrected chi connectivity index (χ4v) is 6.35. The molecule has 5 atom stereocenters. The van der Waals surface area contributed by atoms with Crippen molar-refractivity contribution in [3.05, 3.63) is 47.0 Å². The standard InChI is InChI=1S/C19H23ClFN5O8P2/c1-10-2-4-11(5-3-10)6-22-16-14-17(25-19(20)24-16)26(8-23-14)18-13(21)15(27)12(34-18)7-33-36(31,32)9-35(28,29)30/h2-5,8,12-13,15,18,27H,6-7,9H2,1H3,(H,31,32)(H,22,24,25)(H2,28,29,30)/t12-,13+,15-,18-/m1/s1. The lowest BCUT2D eigenvalue weighted by Gasteiger charge is -2.18. The maximum absolute atomic E-state index is 15.0. The molecule has 0 spiro atoms. The van der Waals surface area contributed by atoms with Gasteiger partial charge in [-0.05, 0) is 24.1 Å². The number of aliphatic hydroxyl groups is 1. The van der Waals surface area contributed by atoms with Crippen LogP contribution in [0, 0.1) is 6.92 Å². The van der Waals surface area contributed by atoms with Crippen molar-refractivity contribution >= 4 is 43.8 Å². The van der Waals surface area contributed by atoms with Gasteiger partial charge in [0.1, 0.15) is 12.2 Å². The van der Waals surface area contributed by atoms with E-state index in [2.05, 4.69) is 24.8 Å². The third-order valence-electron chi connectivity index (χ3n) is 5.35. The Labute approximate surface area is 209 Å². The summed E-state index contributed by atoms with van der Waals surface area (Å²) in [4.78, 5) is 39.9. The molecule has 36 heavy (non-hydrogen) atoms. The number of nitrogens with zero attached hydrogens (tertiary/aromatic N) is 4. The van der Waals surface area contributed by atoms with Crippen LogP contribution in [-0.2, 0) is 24.9 Å². The van der Waals surface area contributed by atoms with Crippen molar-refractivity contribution in [3.63, 3.8) is 0 Å². The molecular weight excluding hydrogens is 543 g/mol. The van der Waals surface area contributed by atoms with Crippen LogP contribution >= 0.6 is 26.8 Å². The molecule has 1 aromatic carbocycles. The average molecular weight is 566 g/mol. The molecule has 0 bridgehead atoms. The molecule has 13 nitrogen and oxygen atoms in total. The number of rotatable bonds is 9. The minimum Gasteiger partial charge on any atom is -0.387 e. The van der Waals surface area contributed by atoms with Crippen LogP contribution in [0.5, 0.6) is 0 Å². The molecule has 1 saturated heterocycles. The van der Waals surface area contributed by atoms with Crippen molar-refractivity contribution in [1.29, 1.82) is 0 Å². The van der Waals surface area contributed by atoms with Gasteiger partial charge in [-0.25, -0.2) is 9.37 Å². The maximum Gasteiger partial charge on any atom is 0.340 e. The van der Waals surface area contributed by atoms with E-state index in [1.807, 2.05) is 31.2 Å². The topological polar surface area (TPSA) is 189 Å². The highest BCUT2D eigenvalue weighted by atomic mass is 35.5. The number of halogens is 2. The summed E-state index contributed by atoms with van der Waals surface area (Å²) >= 11 is 6.08. The lowest BCUT2D eigenvalue weighted by Crippen LogP contribution is -2.31. The molecule has 3 aromatic rings. The average Bonchev–Trinajstić information content (AvgIpc) is 3.31. The fraction of sp³-hybridized carbons (Fsp3) is 0.421. The Morgan fingerprint density at radius 3 is 2.58 bits per heavy atom. The highest BCUT2D eigenvalue weighted by molar-refractivity contribution is 7.70. The molecular formula is C19H23ClFN5O8P2. The number of anilines is 1. The molecule has 1 unspecified atom stereocenters. The number of benzene rings is 1. The third-order valence-corrected chi connectivity index (χ3v) is 8.97. The number of hydrogen-bond acceptors (Lipinski definition) is 9. The van der Waals surface area contributed by atoms with Crippen LogP contribution in [0.25, 0.3) is 11.2 Å². The molecule has 196 valence electrons. The zero-order valence-corrected chi connectivity index (χ0v) is 21.2. The number of imidazole rings is 1. The van der Waals surface area contributed by atoms with Crippen molar-refractivity contribution in [2.24, 2.45) is 0 Å². The zero-order valence-electron chi connectivity index (χ0n) is 18.7. The Bertz CT molecular complexity index is 1340. The zero-order chi connectivity index (χ0) is 26.3. The van der Waals surface area contributed by atoms with Crippen LogP contribution in [0.3, 0.4) is 0 Å². The third kappa shape index (κ3) is 6.28. The lowest BCUT2D eigenvalue weighted by atomic mass is 10.1. The highest BCUT2D eigenvalue weighted by Crippen LogP contribution is 2.55. The molecule has 4 rings (SSSR count). The second-order valence-corrected chi connectivity index (χ2v) is 12.6. The minimum atomic E-state index is -4.85. The van der Waals surface area contributed by atoms with Crippen molar-refractivity contribution < 1.29 is 42.6 Å². The number of nitrogens with one attached hydrogen (secondary N) is 1. The van der Waals surface area contributed by atoms with Crippen LogP contribution < -0.4 is 5.32 Å². The van der Waals surface area contributed by atoms with Gasteiger partial charge in [-0.3, -0.25) is 13.7 Å². The summed E-state index contributed by atoms with van der Waals surface area (Å²) in [5.74, 6) is -1.14.